The molecule has 0 saturated carbocycles. The highest BCUT2D eigenvalue weighted by molar-refractivity contribution is 5.84. The van der Waals surface area contributed by atoms with E-state index in [2.05, 4.69) is 17.2 Å². The third-order valence-corrected chi connectivity index (χ3v) is 2.37. The molecule has 0 aromatic rings. The first-order valence-corrected chi connectivity index (χ1v) is 5.36. The molecule has 1 amide bonds. The van der Waals surface area contributed by atoms with Crippen molar-refractivity contribution in [2.24, 2.45) is 5.92 Å². The number of hydrogen-bond donors (Lipinski definition) is 3. The molecule has 0 aromatic heterocycles. The highest BCUT2D eigenvalue weighted by atomic mass is 16.4. The molecule has 0 rings (SSSR count). The summed E-state index contributed by atoms with van der Waals surface area (Å²) >= 11 is 0. The Balaban J connectivity index is 4.13. The maximum atomic E-state index is 11.4. The maximum Gasteiger partial charge on any atom is 0.326 e. The third kappa shape index (κ3) is 5.50. The van der Waals surface area contributed by atoms with Crippen molar-refractivity contribution in [3.63, 3.8) is 0 Å². The number of amides is 1. The molecule has 0 heterocycles. The van der Waals surface area contributed by atoms with Gasteiger partial charge < -0.3 is 15.7 Å². The topological polar surface area (TPSA) is 78.4 Å². The Kier molecular flexibility index (Phi) is 7.20. The van der Waals surface area contributed by atoms with Crippen LogP contribution < -0.4 is 10.6 Å². The minimum Gasteiger partial charge on any atom is -0.480 e. The van der Waals surface area contributed by atoms with Crippen molar-refractivity contribution >= 4 is 11.9 Å². The molecule has 5 heteroatoms. The highest BCUT2D eigenvalue weighted by Crippen LogP contribution is 2.07. The van der Waals surface area contributed by atoms with Crippen LogP contribution in [0.4, 0.5) is 0 Å². The minimum absolute atomic E-state index is 0.0825. The summed E-state index contributed by atoms with van der Waals surface area (Å²) in [6.07, 6.45) is 2.34. The summed E-state index contributed by atoms with van der Waals surface area (Å²) in [6, 6.07) is -0.817. The lowest BCUT2D eigenvalue weighted by Crippen LogP contribution is -2.47. The van der Waals surface area contributed by atoms with Gasteiger partial charge in [0.2, 0.25) is 5.91 Å². The Hall–Kier alpha value is -1.36. The number of aliphatic carboxylic acids is 1. The molecule has 16 heavy (non-hydrogen) atoms. The van der Waals surface area contributed by atoms with Gasteiger partial charge in [-0.05, 0) is 5.92 Å². The van der Waals surface area contributed by atoms with Gasteiger partial charge in [0.1, 0.15) is 6.04 Å². The van der Waals surface area contributed by atoms with Crippen LogP contribution in [-0.2, 0) is 9.59 Å². The Morgan fingerprint density at radius 1 is 1.50 bits per heavy atom. The van der Waals surface area contributed by atoms with E-state index in [4.69, 9.17) is 5.11 Å². The van der Waals surface area contributed by atoms with Crippen LogP contribution in [-0.4, -0.2) is 36.1 Å². The molecular formula is C11H20N2O3. The van der Waals surface area contributed by atoms with Crippen LogP contribution >= 0.6 is 0 Å². The number of hydrogen-bond acceptors (Lipinski definition) is 3. The Morgan fingerprint density at radius 3 is 2.56 bits per heavy atom. The number of carbonyl (C=O) groups is 2. The molecule has 0 saturated heterocycles. The second-order valence-corrected chi connectivity index (χ2v) is 3.69. The van der Waals surface area contributed by atoms with Gasteiger partial charge in [0, 0.05) is 6.54 Å². The summed E-state index contributed by atoms with van der Waals surface area (Å²) < 4.78 is 0. The SMILES string of the molecule is C=CCNCC(=O)N[C@H](C(=O)O)C(C)CC. The standard InChI is InChI=1S/C11H20N2O3/c1-4-6-12-7-9(14)13-10(11(15)16)8(3)5-2/h4,8,10,12H,1,5-7H2,2-3H3,(H,13,14)(H,15,16)/t8?,10-/m0/s1. The lowest BCUT2D eigenvalue weighted by Gasteiger charge is -2.20. The van der Waals surface area contributed by atoms with E-state index >= 15 is 0 Å². The van der Waals surface area contributed by atoms with Crippen LogP contribution in [0.5, 0.6) is 0 Å². The fraction of sp³-hybridized carbons (Fsp3) is 0.636. The van der Waals surface area contributed by atoms with Crippen molar-refractivity contribution in [3.8, 4) is 0 Å². The van der Waals surface area contributed by atoms with Crippen LogP contribution in [0, 0.1) is 5.92 Å². The van der Waals surface area contributed by atoms with E-state index in [1.54, 1.807) is 13.0 Å². The molecule has 0 aliphatic carbocycles. The molecular weight excluding hydrogens is 208 g/mol. The number of rotatable bonds is 8. The summed E-state index contributed by atoms with van der Waals surface area (Å²) in [5.74, 6) is -1.39. The molecule has 0 aromatic carbocycles. The van der Waals surface area contributed by atoms with Crippen LogP contribution in [0.2, 0.25) is 0 Å². The van der Waals surface area contributed by atoms with E-state index in [1.165, 1.54) is 0 Å². The van der Waals surface area contributed by atoms with Crippen molar-refractivity contribution < 1.29 is 14.7 Å². The van der Waals surface area contributed by atoms with Crippen molar-refractivity contribution in [2.45, 2.75) is 26.3 Å². The van der Waals surface area contributed by atoms with E-state index < -0.39 is 12.0 Å². The van der Waals surface area contributed by atoms with Gasteiger partial charge in [0.05, 0.1) is 6.54 Å². The largest absolute Gasteiger partial charge is 0.480 e. The second kappa shape index (κ2) is 7.87. The van der Waals surface area contributed by atoms with E-state index in [9.17, 15) is 9.59 Å². The molecule has 5 nitrogen and oxygen atoms in total. The van der Waals surface area contributed by atoms with Gasteiger partial charge in [0.15, 0.2) is 0 Å². The highest BCUT2D eigenvalue weighted by Gasteiger charge is 2.24. The first-order valence-electron chi connectivity index (χ1n) is 5.36. The molecule has 0 bridgehead atoms. The maximum absolute atomic E-state index is 11.4. The molecule has 2 atom stereocenters. The van der Waals surface area contributed by atoms with Gasteiger partial charge in [0.25, 0.3) is 0 Å². The van der Waals surface area contributed by atoms with E-state index in [-0.39, 0.29) is 18.4 Å². The van der Waals surface area contributed by atoms with Crippen molar-refractivity contribution in [1.82, 2.24) is 10.6 Å². The summed E-state index contributed by atoms with van der Waals surface area (Å²) in [4.78, 5) is 22.3. The summed E-state index contributed by atoms with van der Waals surface area (Å²) in [7, 11) is 0. The quantitative estimate of drug-likeness (QED) is 0.414. The molecule has 1 unspecified atom stereocenters. The lowest BCUT2D eigenvalue weighted by atomic mass is 9.99. The van der Waals surface area contributed by atoms with Gasteiger partial charge in [-0.2, -0.15) is 0 Å². The Labute approximate surface area is 95.9 Å². The van der Waals surface area contributed by atoms with Crippen LogP contribution in [0.3, 0.4) is 0 Å². The molecule has 0 aliphatic heterocycles. The number of carboxylic acid groups (broad SMARTS) is 1. The van der Waals surface area contributed by atoms with Gasteiger partial charge in [-0.3, -0.25) is 4.79 Å². The second-order valence-electron chi connectivity index (χ2n) is 3.69. The Morgan fingerprint density at radius 2 is 2.12 bits per heavy atom. The van der Waals surface area contributed by atoms with E-state index in [1.807, 2.05) is 6.92 Å². The van der Waals surface area contributed by atoms with Crippen molar-refractivity contribution in [2.75, 3.05) is 13.1 Å². The first-order chi connectivity index (χ1) is 7.52. The molecule has 0 fully saturated rings. The number of carboxylic acids is 1. The van der Waals surface area contributed by atoms with Gasteiger partial charge in [-0.25, -0.2) is 4.79 Å². The molecule has 3 N–H and O–H groups in total. The van der Waals surface area contributed by atoms with Crippen LogP contribution in [0.25, 0.3) is 0 Å². The third-order valence-electron chi connectivity index (χ3n) is 2.37. The summed E-state index contributed by atoms with van der Waals surface area (Å²) in [5, 5.41) is 14.2. The molecule has 92 valence electrons. The zero-order chi connectivity index (χ0) is 12.6. The summed E-state index contributed by atoms with van der Waals surface area (Å²) in [5.41, 5.74) is 0. The van der Waals surface area contributed by atoms with Gasteiger partial charge in [-0.1, -0.05) is 26.3 Å². The fourth-order valence-corrected chi connectivity index (χ4v) is 1.20. The Bertz CT molecular complexity index is 254. The average Bonchev–Trinajstić information content (AvgIpc) is 2.25. The normalized spacial score (nSPS) is 13.9. The van der Waals surface area contributed by atoms with Crippen LogP contribution in [0.1, 0.15) is 20.3 Å². The summed E-state index contributed by atoms with van der Waals surface area (Å²) in [6.45, 7) is 7.82. The van der Waals surface area contributed by atoms with Gasteiger partial charge in [-0.15, -0.1) is 6.58 Å². The van der Waals surface area contributed by atoms with E-state index in [0.29, 0.717) is 13.0 Å². The molecule has 0 aliphatic rings. The minimum atomic E-state index is -0.994. The zero-order valence-corrected chi connectivity index (χ0v) is 9.82. The molecule has 0 radical (unpaired) electrons. The molecule has 0 spiro atoms. The van der Waals surface area contributed by atoms with Crippen LogP contribution in [0.15, 0.2) is 12.7 Å². The predicted octanol–water partition coefficient (Wildman–Crippen LogP) is 0.377. The number of carbonyl (C=O) groups excluding carboxylic acids is 1. The van der Waals surface area contributed by atoms with Gasteiger partial charge >= 0.3 is 5.97 Å². The average molecular weight is 228 g/mol. The monoisotopic (exact) mass is 228 g/mol. The van der Waals surface area contributed by atoms with Crippen molar-refractivity contribution in [3.05, 3.63) is 12.7 Å². The number of nitrogens with one attached hydrogen (secondary N) is 2. The zero-order valence-electron chi connectivity index (χ0n) is 9.82. The van der Waals surface area contributed by atoms with Crippen molar-refractivity contribution in [1.29, 1.82) is 0 Å². The van der Waals surface area contributed by atoms with E-state index in [0.717, 1.165) is 0 Å². The lowest BCUT2D eigenvalue weighted by molar-refractivity contribution is -0.143. The predicted molar refractivity (Wildman–Crippen MR) is 62.1 cm³/mol. The fourth-order valence-electron chi connectivity index (χ4n) is 1.20. The smallest absolute Gasteiger partial charge is 0.326 e. The first kappa shape index (κ1) is 14.6.